The average molecular weight is 524 g/mol. The third-order valence-electron chi connectivity index (χ3n) is 4.51. The van der Waals surface area contributed by atoms with Crippen molar-refractivity contribution >= 4 is 59.1 Å². The number of carbonyl (C=O) groups is 6. The molecule has 34 heavy (non-hydrogen) atoms. The van der Waals surface area contributed by atoms with Crippen molar-refractivity contribution < 1.29 is 39.0 Å². The first-order valence-corrected chi connectivity index (χ1v) is 13.1. The molecule has 4 atom stereocenters. The largest absolute Gasteiger partial charge is 0.481 e. The van der Waals surface area contributed by atoms with E-state index in [4.69, 9.17) is 16.6 Å². The third kappa shape index (κ3) is 13.3. The zero-order valence-electron chi connectivity index (χ0n) is 19.1. The highest BCUT2D eigenvalue weighted by Crippen LogP contribution is 2.06. The predicted molar refractivity (Wildman–Crippen MR) is 128 cm³/mol. The molecule has 9 N–H and O–H groups in total. The highest BCUT2D eigenvalue weighted by atomic mass is 32.2. The average Bonchev–Trinajstić information content (AvgIpc) is 2.75. The SMILES string of the molecule is CSCCC(N)C(=O)NC(CCC(=O)O)C(=O)NC(CC(N)=O)C(=O)NC(CCSC)C(=O)O. The van der Waals surface area contributed by atoms with Crippen molar-refractivity contribution in [2.75, 3.05) is 24.0 Å². The first-order chi connectivity index (χ1) is 15.9. The number of primary amides is 1. The number of hydrogen-bond acceptors (Lipinski definition) is 9. The summed E-state index contributed by atoms with van der Waals surface area (Å²) in [5.41, 5.74) is 11.0. The zero-order valence-corrected chi connectivity index (χ0v) is 20.7. The van der Waals surface area contributed by atoms with Gasteiger partial charge in [0.2, 0.25) is 23.6 Å². The Bertz CT molecular complexity index is 739. The molecule has 0 aliphatic heterocycles. The minimum absolute atomic E-state index is 0.102. The van der Waals surface area contributed by atoms with Crippen LogP contribution in [0, 0.1) is 0 Å². The lowest BCUT2D eigenvalue weighted by molar-refractivity contribution is -0.142. The summed E-state index contributed by atoms with van der Waals surface area (Å²) < 4.78 is 0. The summed E-state index contributed by atoms with van der Waals surface area (Å²) in [5.74, 6) is -5.02. The van der Waals surface area contributed by atoms with E-state index in [0.29, 0.717) is 17.9 Å². The van der Waals surface area contributed by atoms with Crippen LogP contribution in [-0.2, 0) is 28.8 Å². The quantitative estimate of drug-likeness (QED) is 0.105. The summed E-state index contributed by atoms with van der Waals surface area (Å²) in [6, 6.07) is -5.09. The molecule has 0 aromatic carbocycles. The van der Waals surface area contributed by atoms with Crippen LogP contribution in [0.2, 0.25) is 0 Å². The smallest absolute Gasteiger partial charge is 0.326 e. The van der Waals surface area contributed by atoms with E-state index in [9.17, 15) is 33.9 Å². The van der Waals surface area contributed by atoms with E-state index in [1.807, 2.05) is 6.26 Å². The fraction of sp³-hybridized carbons (Fsp3) is 0.684. The Morgan fingerprint density at radius 2 is 1.26 bits per heavy atom. The van der Waals surface area contributed by atoms with Crippen molar-refractivity contribution in [3.05, 3.63) is 0 Å². The van der Waals surface area contributed by atoms with Gasteiger partial charge in [-0.2, -0.15) is 23.5 Å². The van der Waals surface area contributed by atoms with Crippen LogP contribution in [0.5, 0.6) is 0 Å². The number of amides is 4. The van der Waals surface area contributed by atoms with E-state index in [2.05, 4.69) is 16.0 Å². The molecule has 0 saturated heterocycles. The van der Waals surface area contributed by atoms with Gasteiger partial charge in [-0.05, 0) is 43.3 Å². The van der Waals surface area contributed by atoms with Crippen molar-refractivity contribution in [2.45, 2.75) is 56.3 Å². The van der Waals surface area contributed by atoms with Gasteiger partial charge in [-0.25, -0.2) is 4.79 Å². The third-order valence-corrected chi connectivity index (χ3v) is 5.80. The minimum Gasteiger partial charge on any atom is -0.481 e. The Morgan fingerprint density at radius 1 is 0.765 bits per heavy atom. The van der Waals surface area contributed by atoms with Gasteiger partial charge in [-0.1, -0.05) is 0 Å². The number of carboxylic acids is 2. The molecular formula is C19H33N5O8S2. The number of aliphatic carboxylic acids is 2. The van der Waals surface area contributed by atoms with Crippen LogP contribution in [0.3, 0.4) is 0 Å². The highest BCUT2D eigenvalue weighted by Gasteiger charge is 2.31. The van der Waals surface area contributed by atoms with Crippen molar-refractivity contribution in [2.24, 2.45) is 11.5 Å². The van der Waals surface area contributed by atoms with Crippen LogP contribution in [0.1, 0.15) is 32.1 Å². The van der Waals surface area contributed by atoms with E-state index >= 15 is 0 Å². The summed E-state index contributed by atoms with van der Waals surface area (Å²) >= 11 is 2.84. The molecule has 0 spiro atoms. The van der Waals surface area contributed by atoms with Gasteiger partial charge in [0.1, 0.15) is 18.1 Å². The normalized spacial score (nSPS) is 14.2. The molecule has 13 nitrogen and oxygen atoms in total. The molecule has 4 unspecified atom stereocenters. The molecule has 0 aliphatic carbocycles. The van der Waals surface area contributed by atoms with Gasteiger partial charge >= 0.3 is 11.9 Å². The van der Waals surface area contributed by atoms with Gasteiger partial charge in [0.25, 0.3) is 0 Å². The summed E-state index contributed by atoms with van der Waals surface area (Å²) in [6.45, 7) is 0. The summed E-state index contributed by atoms with van der Waals surface area (Å²) in [6.07, 6.45) is 2.59. The van der Waals surface area contributed by atoms with Crippen molar-refractivity contribution in [3.8, 4) is 0 Å². The molecule has 0 fully saturated rings. The van der Waals surface area contributed by atoms with Gasteiger partial charge in [0.15, 0.2) is 0 Å². The standard InChI is InChI=1S/C19H33N5O8S2/c1-33-7-5-10(20)16(28)22-11(3-4-15(26)27)17(29)24-13(9-14(21)25)18(30)23-12(19(31)32)6-8-34-2/h10-13H,3-9,20H2,1-2H3,(H2,21,25)(H,22,28)(H,23,30)(H,24,29)(H,26,27)(H,31,32). The van der Waals surface area contributed by atoms with Crippen LogP contribution >= 0.6 is 23.5 Å². The van der Waals surface area contributed by atoms with Crippen LogP contribution < -0.4 is 27.4 Å². The van der Waals surface area contributed by atoms with Gasteiger partial charge in [-0.15, -0.1) is 0 Å². The van der Waals surface area contributed by atoms with Gasteiger partial charge < -0.3 is 37.6 Å². The summed E-state index contributed by atoms with van der Waals surface area (Å²) in [5, 5.41) is 25.1. The Labute approximate surface area is 205 Å². The van der Waals surface area contributed by atoms with Crippen LogP contribution in [0.4, 0.5) is 0 Å². The predicted octanol–water partition coefficient (Wildman–Crippen LogP) is -1.90. The summed E-state index contributed by atoms with van der Waals surface area (Å²) in [4.78, 5) is 71.6. The molecule has 194 valence electrons. The monoisotopic (exact) mass is 523 g/mol. The molecular weight excluding hydrogens is 490 g/mol. The van der Waals surface area contributed by atoms with E-state index in [-0.39, 0.29) is 12.8 Å². The number of thioether (sulfide) groups is 2. The number of nitrogens with two attached hydrogens (primary N) is 2. The molecule has 0 aromatic heterocycles. The molecule has 4 amide bonds. The first-order valence-electron chi connectivity index (χ1n) is 10.3. The van der Waals surface area contributed by atoms with E-state index in [0.717, 1.165) is 0 Å². The number of rotatable bonds is 18. The molecule has 0 rings (SSSR count). The fourth-order valence-corrected chi connectivity index (χ4v) is 3.60. The maximum Gasteiger partial charge on any atom is 0.326 e. The number of hydrogen-bond donors (Lipinski definition) is 7. The first kappa shape index (κ1) is 31.5. The number of carbonyl (C=O) groups excluding carboxylic acids is 4. The minimum atomic E-state index is -1.53. The van der Waals surface area contributed by atoms with Crippen molar-refractivity contribution in [1.82, 2.24) is 16.0 Å². The van der Waals surface area contributed by atoms with E-state index < -0.39 is 72.6 Å². The zero-order chi connectivity index (χ0) is 26.3. The second kappa shape index (κ2) is 17.0. The lowest BCUT2D eigenvalue weighted by Gasteiger charge is -2.24. The van der Waals surface area contributed by atoms with Gasteiger partial charge in [-0.3, -0.25) is 24.0 Å². The molecule has 0 bridgehead atoms. The Kier molecular flexibility index (Phi) is 15.7. The fourth-order valence-electron chi connectivity index (χ4n) is 2.64. The number of nitrogens with one attached hydrogen (secondary N) is 3. The second-order valence-electron chi connectivity index (χ2n) is 7.29. The molecule has 0 radical (unpaired) electrons. The lowest BCUT2D eigenvalue weighted by atomic mass is 10.1. The Morgan fingerprint density at radius 3 is 1.76 bits per heavy atom. The van der Waals surface area contributed by atoms with E-state index in [1.54, 1.807) is 6.26 Å². The molecule has 15 heteroatoms. The maximum atomic E-state index is 12.8. The van der Waals surface area contributed by atoms with Gasteiger partial charge in [0.05, 0.1) is 12.5 Å². The highest BCUT2D eigenvalue weighted by molar-refractivity contribution is 7.98. The van der Waals surface area contributed by atoms with Crippen molar-refractivity contribution in [1.29, 1.82) is 0 Å². The van der Waals surface area contributed by atoms with Crippen molar-refractivity contribution in [3.63, 3.8) is 0 Å². The van der Waals surface area contributed by atoms with E-state index in [1.165, 1.54) is 23.5 Å². The van der Waals surface area contributed by atoms with Crippen LogP contribution in [-0.4, -0.2) is 94.0 Å². The van der Waals surface area contributed by atoms with Crippen LogP contribution in [0.25, 0.3) is 0 Å². The van der Waals surface area contributed by atoms with Gasteiger partial charge in [0, 0.05) is 6.42 Å². The molecule has 0 saturated carbocycles. The van der Waals surface area contributed by atoms with Crippen LogP contribution in [0.15, 0.2) is 0 Å². The second-order valence-corrected chi connectivity index (χ2v) is 9.27. The summed E-state index contributed by atoms with van der Waals surface area (Å²) in [7, 11) is 0. The molecule has 0 aliphatic rings. The molecule has 0 aromatic rings. The Balaban J connectivity index is 5.50. The topological polar surface area (TPSA) is 231 Å². The lowest BCUT2D eigenvalue weighted by Crippen LogP contribution is -2.57. The molecule has 0 heterocycles. The maximum absolute atomic E-state index is 12.8. The Hall–Kier alpha value is -2.52. The number of carboxylic acid groups (broad SMARTS) is 2.